The van der Waals surface area contributed by atoms with E-state index in [1.807, 2.05) is 69.3 Å². The fourth-order valence-corrected chi connectivity index (χ4v) is 3.20. The van der Waals surface area contributed by atoms with Crippen molar-refractivity contribution in [2.75, 3.05) is 33.9 Å². The van der Waals surface area contributed by atoms with E-state index in [1.165, 1.54) is 5.56 Å². The number of rotatable bonds is 7. The summed E-state index contributed by atoms with van der Waals surface area (Å²) in [7, 11) is 0. The molecule has 0 bridgehead atoms. The number of aryl methyl sites for hydroxylation is 3. The van der Waals surface area contributed by atoms with E-state index in [4.69, 9.17) is 0 Å². The predicted molar refractivity (Wildman–Crippen MR) is 129 cm³/mol. The van der Waals surface area contributed by atoms with Gasteiger partial charge in [0.25, 0.3) is 0 Å². The van der Waals surface area contributed by atoms with Crippen LogP contribution in [-0.4, -0.2) is 29.1 Å². The van der Waals surface area contributed by atoms with Crippen LogP contribution >= 0.6 is 0 Å². The molecule has 3 aromatic rings. The lowest BCUT2D eigenvalue weighted by Crippen LogP contribution is -2.23. The molecule has 3 rings (SSSR count). The topological polar surface area (TPSA) is 82.2 Å². The number of carbonyl (C=O) groups excluding carboxylic acids is 1. The van der Waals surface area contributed by atoms with Crippen LogP contribution < -0.4 is 20.9 Å². The van der Waals surface area contributed by atoms with Crippen molar-refractivity contribution < 1.29 is 4.79 Å². The maximum Gasteiger partial charge on any atom is 0.323 e. The molecule has 7 heteroatoms. The van der Waals surface area contributed by atoms with E-state index in [9.17, 15) is 4.79 Å². The normalized spacial score (nSPS) is 10.5. The molecule has 0 saturated carbocycles. The van der Waals surface area contributed by atoms with Gasteiger partial charge in [0.05, 0.1) is 0 Å². The Hall–Kier alpha value is -3.61. The van der Waals surface area contributed by atoms with E-state index >= 15 is 0 Å². The smallest absolute Gasteiger partial charge is 0.323 e. The molecule has 0 saturated heterocycles. The fraction of sp³-hybridized carbons (Fsp3) is 0.292. The molecule has 7 nitrogen and oxygen atoms in total. The van der Waals surface area contributed by atoms with Crippen molar-refractivity contribution in [1.82, 2.24) is 9.97 Å². The molecule has 1 aromatic heterocycles. The zero-order chi connectivity index (χ0) is 22.4. The highest BCUT2D eigenvalue weighted by atomic mass is 16.2. The minimum absolute atomic E-state index is 0.283. The standard InChI is InChI=1S/C24H30N6O/c1-6-30(7-2)22-15-18(5)25-23(29-22)26-19-10-12-20(13-11-19)27-24(31)28-21-9-8-16(3)17(4)14-21/h8-15H,6-7H2,1-5H3,(H,25,26,29)(H2,27,28,31). The van der Waals surface area contributed by atoms with Gasteiger partial charge in [-0.3, -0.25) is 0 Å². The third-order valence-corrected chi connectivity index (χ3v) is 5.09. The van der Waals surface area contributed by atoms with Crippen LogP contribution in [0.25, 0.3) is 0 Å². The van der Waals surface area contributed by atoms with Gasteiger partial charge in [-0.1, -0.05) is 6.07 Å². The summed E-state index contributed by atoms with van der Waals surface area (Å²) >= 11 is 0. The Balaban J connectivity index is 1.63. The molecule has 0 unspecified atom stereocenters. The van der Waals surface area contributed by atoms with Crippen LogP contribution in [0.2, 0.25) is 0 Å². The van der Waals surface area contributed by atoms with Gasteiger partial charge in [-0.15, -0.1) is 0 Å². The largest absolute Gasteiger partial charge is 0.357 e. The fourth-order valence-electron chi connectivity index (χ4n) is 3.20. The summed E-state index contributed by atoms with van der Waals surface area (Å²) in [6, 6.07) is 15.0. The number of hydrogen-bond acceptors (Lipinski definition) is 5. The molecule has 0 aliphatic heterocycles. The van der Waals surface area contributed by atoms with E-state index in [-0.39, 0.29) is 6.03 Å². The second-order valence-corrected chi connectivity index (χ2v) is 7.44. The molecule has 0 fully saturated rings. The van der Waals surface area contributed by atoms with Gasteiger partial charge in [0.1, 0.15) is 5.82 Å². The molecular weight excluding hydrogens is 388 g/mol. The lowest BCUT2D eigenvalue weighted by molar-refractivity contribution is 0.262. The van der Waals surface area contributed by atoms with Crippen LogP contribution in [0.1, 0.15) is 30.7 Å². The number of anilines is 5. The van der Waals surface area contributed by atoms with Gasteiger partial charge in [0.15, 0.2) is 0 Å². The molecule has 0 spiro atoms. The maximum atomic E-state index is 12.3. The number of carbonyl (C=O) groups is 1. The second kappa shape index (κ2) is 9.93. The predicted octanol–water partition coefficient (Wildman–Crippen LogP) is 5.64. The zero-order valence-electron chi connectivity index (χ0n) is 18.8. The van der Waals surface area contributed by atoms with Gasteiger partial charge in [-0.2, -0.15) is 4.98 Å². The van der Waals surface area contributed by atoms with E-state index in [2.05, 4.69) is 44.7 Å². The quantitative estimate of drug-likeness (QED) is 0.463. The highest BCUT2D eigenvalue weighted by molar-refractivity contribution is 5.99. The van der Waals surface area contributed by atoms with Gasteiger partial charge in [0, 0.05) is 41.9 Å². The van der Waals surface area contributed by atoms with Crippen molar-refractivity contribution in [2.24, 2.45) is 0 Å². The van der Waals surface area contributed by atoms with Gasteiger partial charge in [-0.05, 0) is 82.1 Å². The van der Waals surface area contributed by atoms with Gasteiger partial charge in [0.2, 0.25) is 5.95 Å². The van der Waals surface area contributed by atoms with E-state index < -0.39 is 0 Å². The van der Waals surface area contributed by atoms with Gasteiger partial charge in [-0.25, -0.2) is 9.78 Å². The van der Waals surface area contributed by atoms with Gasteiger partial charge < -0.3 is 20.9 Å². The number of amides is 2. The Labute approximate surface area is 183 Å². The Morgan fingerprint density at radius 1 is 0.806 bits per heavy atom. The van der Waals surface area contributed by atoms with E-state index in [1.54, 1.807) is 0 Å². The number of urea groups is 1. The number of aromatic nitrogens is 2. The summed E-state index contributed by atoms with van der Waals surface area (Å²) < 4.78 is 0. The molecule has 2 amide bonds. The molecule has 0 radical (unpaired) electrons. The van der Waals surface area contributed by atoms with Crippen LogP contribution in [0, 0.1) is 20.8 Å². The van der Waals surface area contributed by atoms with Crippen LogP contribution in [0.15, 0.2) is 48.5 Å². The Morgan fingerprint density at radius 3 is 2.06 bits per heavy atom. The van der Waals surface area contributed by atoms with Crippen molar-refractivity contribution in [3.8, 4) is 0 Å². The molecule has 31 heavy (non-hydrogen) atoms. The van der Waals surface area contributed by atoms with Crippen LogP contribution in [-0.2, 0) is 0 Å². The van der Waals surface area contributed by atoms with Crippen molar-refractivity contribution in [1.29, 1.82) is 0 Å². The summed E-state index contributed by atoms with van der Waals surface area (Å²) in [5.74, 6) is 1.45. The molecule has 3 N–H and O–H groups in total. The highest BCUT2D eigenvalue weighted by Gasteiger charge is 2.08. The zero-order valence-corrected chi connectivity index (χ0v) is 18.8. The average molecular weight is 419 g/mol. The second-order valence-electron chi connectivity index (χ2n) is 7.44. The summed E-state index contributed by atoms with van der Waals surface area (Å²) in [6.45, 7) is 12.0. The van der Waals surface area contributed by atoms with Gasteiger partial charge >= 0.3 is 6.03 Å². The number of hydrogen-bond donors (Lipinski definition) is 3. The maximum absolute atomic E-state index is 12.3. The van der Waals surface area contributed by atoms with Crippen LogP contribution in [0.5, 0.6) is 0 Å². The summed E-state index contributed by atoms with van der Waals surface area (Å²) in [5, 5.41) is 8.95. The average Bonchev–Trinajstić information content (AvgIpc) is 2.73. The summed E-state index contributed by atoms with van der Waals surface area (Å²) in [4.78, 5) is 23.6. The molecule has 1 heterocycles. The van der Waals surface area contributed by atoms with Crippen LogP contribution in [0.3, 0.4) is 0 Å². The van der Waals surface area contributed by atoms with Crippen molar-refractivity contribution in [2.45, 2.75) is 34.6 Å². The molecule has 0 aliphatic carbocycles. The Bertz CT molecular complexity index is 1040. The molecule has 0 atom stereocenters. The Morgan fingerprint density at radius 2 is 1.42 bits per heavy atom. The molecule has 2 aromatic carbocycles. The van der Waals surface area contributed by atoms with E-state index in [0.717, 1.165) is 41.5 Å². The lowest BCUT2D eigenvalue weighted by atomic mass is 10.1. The third kappa shape index (κ3) is 5.94. The summed E-state index contributed by atoms with van der Waals surface area (Å²) in [6.07, 6.45) is 0. The SMILES string of the molecule is CCN(CC)c1cc(C)nc(Nc2ccc(NC(=O)Nc3ccc(C)c(C)c3)cc2)n1. The van der Waals surface area contributed by atoms with Crippen molar-refractivity contribution in [3.63, 3.8) is 0 Å². The minimum Gasteiger partial charge on any atom is -0.357 e. The van der Waals surface area contributed by atoms with E-state index in [0.29, 0.717) is 11.6 Å². The number of nitrogens with one attached hydrogen (secondary N) is 3. The summed E-state index contributed by atoms with van der Waals surface area (Å²) in [5.41, 5.74) is 5.53. The third-order valence-electron chi connectivity index (χ3n) is 5.09. The molecular formula is C24H30N6O. The molecule has 162 valence electrons. The van der Waals surface area contributed by atoms with Crippen LogP contribution in [0.4, 0.5) is 33.6 Å². The first-order valence-electron chi connectivity index (χ1n) is 10.5. The number of benzene rings is 2. The minimum atomic E-state index is -0.283. The number of nitrogens with zero attached hydrogens (tertiary/aromatic N) is 3. The molecule has 0 aliphatic rings. The monoisotopic (exact) mass is 418 g/mol. The van der Waals surface area contributed by atoms with Crippen molar-refractivity contribution >= 4 is 34.9 Å². The Kier molecular flexibility index (Phi) is 7.07. The lowest BCUT2D eigenvalue weighted by Gasteiger charge is -2.20. The first-order chi connectivity index (χ1) is 14.9. The highest BCUT2D eigenvalue weighted by Crippen LogP contribution is 2.20. The first-order valence-corrected chi connectivity index (χ1v) is 10.5. The first kappa shape index (κ1) is 22.1. The van der Waals surface area contributed by atoms with Crippen molar-refractivity contribution in [3.05, 3.63) is 65.4 Å².